The largest absolute Gasteiger partial charge is 0.359 e. The smallest absolute Gasteiger partial charge is 0.144 e. The molecule has 3 aromatic rings. The first kappa shape index (κ1) is 15.5. The number of hydrogen-bond donors (Lipinski definition) is 0. The Morgan fingerprint density at radius 1 is 0.960 bits per heavy atom. The SMILES string of the molecule is Cc1c(-c2nccn2-c2ccccc2)cccc1N1C=CN(C)[C@@H]1C. The molecule has 0 amide bonds. The number of hydrogen-bond acceptors (Lipinski definition) is 3. The second-order valence-electron chi connectivity index (χ2n) is 6.41. The first-order chi connectivity index (χ1) is 12.2. The van der Waals surface area contributed by atoms with Crippen molar-refractivity contribution in [1.29, 1.82) is 0 Å². The van der Waals surface area contributed by atoms with Crippen molar-refractivity contribution in [2.75, 3.05) is 11.9 Å². The van der Waals surface area contributed by atoms with Crippen LogP contribution < -0.4 is 4.90 Å². The Labute approximate surface area is 148 Å². The van der Waals surface area contributed by atoms with Crippen LogP contribution in [-0.4, -0.2) is 27.7 Å². The molecule has 25 heavy (non-hydrogen) atoms. The van der Waals surface area contributed by atoms with E-state index in [1.807, 2.05) is 18.5 Å². The summed E-state index contributed by atoms with van der Waals surface area (Å²) >= 11 is 0. The summed E-state index contributed by atoms with van der Waals surface area (Å²) in [4.78, 5) is 9.15. The van der Waals surface area contributed by atoms with Crippen molar-refractivity contribution in [3.63, 3.8) is 0 Å². The Kier molecular flexibility index (Phi) is 3.80. The molecule has 0 radical (unpaired) electrons. The molecule has 1 aliphatic rings. The standard InChI is InChI=1S/C21H22N4/c1-16-19(10-7-11-20(16)24-15-14-23(3)17(24)2)21-22-12-13-25(21)18-8-5-4-6-9-18/h4-15,17H,1-3H3/t17-/m0/s1. The van der Waals surface area contributed by atoms with E-state index in [0.717, 1.165) is 17.1 Å². The summed E-state index contributed by atoms with van der Waals surface area (Å²) in [6.45, 7) is 4.38. The Morgan fingerprint density at radius 2 is 1.76 bits per heavy atom. The number of aromatic nitrogens is 2. The Bertz CT molecular complexity index is 911. The molecule has 0 bridgehead atoms. The zero-order chi connectivity index (χ0) is 17.4. The summed E-state index contributed by atoms with van der Waals surface area (Å²) in [5, 5.41) is 0. The molecule has 0 unspecified atom stereocenters. The molecule has 1 atom stereocenters. The molecule has 2 heterocycles. The molecule has 4 nitrogen and oxygen atoms in total. The predicted octanol–water partition coefficient (Wildman–Crippen LogP) is 4.42. The van der Waals surface area contributed by atoms with E-state index in [2.05, 4.69) is 95.1 Å². The van der Waals surface area contributed by atoms with Crippen LogP contribution in [-0.2, 0) is 0 Å². The maximum atomic E-state index is 4.64. The van der Waals surface area contributed by atoms with Crippen LogP contribution >= 0.6 is 0 Å². The molecule has 4 rings (SSSR count). The normalized spacial score (nSPS) is 16.7. The predicted molar refractivity (Wildman–Crippen MR) is 103 cm³/mol. The van der Waals surface area contributed by atoms with E-state index in [1.165, 1.54) is 11.3 Å². The molecule has 0 N–H and O–H groups in total. The number of rotatable bonds is 3. The van der Waals surface area contributed by atoms with Gasteiger partial charge >= 0.3 is 0 Å². The molecule has 0 saturated carbocycles. The molecule has 126 valence electrons. The fourth-order valence-electron chi connectivity index (χ4n) is 3.35. The van der Waals surface area contributed by atoms with E-state index in [-0.39, 0.29) is 0 Å². The maximum absolute atomic E-state index is 4.64. The van der Waals surface area contributed by atoms with Gasteiger partial charge in [0.1, 0.15) is 12.0 Å². The van der Waals surface area contributed by atoms with Crippen molar-refractivity contribution >= 4 is 5.69 Å². The Balaban J connectivity index is 1.80. The highest BCUT2D eigenvalue weighted by molar-refractivity contribution is 5.72. The summed E-state index contributed by atoms with van der Waals surface area (Å²) < 4.78 is 2.14. The molecule has 2 aromatic carbocycles. The number of imidazole rings is 1. The van der Waals surface area contributed by atoms with Gasteiger partial charge in [0.2, 0.25) is 0 Å². The molecular weight excluding hydrogens is 308 g/mol. The third-order valence-electron chi connectivity index (χ3n) is 4.95. The monoisotopic (exact) mass is 330 g/mol. The fraction of sp³-hybridized carbons (Fsp3) is 0.190. The van der Waals surface area contributed by atoms with Crippen LogP contribution in [0.5, 0.6) is 0 Å². The number of nitrogens with zero attached hydrogens (tertiary/aromatic N) is 4. The lowest BCUT2D eigenvalue weighted by atomic mass is 10.0. The van der Waals surface area contributed by atoms with Gasteiger partial charge in [-0.2, -0.15) is 0 Å². The van der Waals surface area contributed by atoms with Crippen molar-refractivity contribution in [3.8, 4) is 17.1 Å². The van der Waals surface area contributed by atoms with E-state index < -0.39 is 0 Å². The van der Waals surface area contributed by atoms with Crippen molar-refractivity contribution in [1.82, 2.24) is 14.5 Å². The van der Waals surface area contributed by atoms with E-state index in [0.29, 0.717) is 6.17 Å². The minimum atomic E-state index is 0.308. The Hall–Kier alpha value is -3.01. The lowest BCUT2D eigenvalue weighted by Gasteiger charge is -2.29. The van der Waals surface area contributed by atoms with Gasteiger partial charge < -0.3 is 9.80 Å². The molecule has 0 spiro atoms. The highest BCUT2D eigenvalue weighted by Crippen LogP contribution is 2.33. The van der Waals surface area contributed by atoms with Crippen LogP contribution in [0.4, 0.5) is 5.69 Å². The molecule has 1 aliphatic heterocycles. The average molecular weight is 330 g/mol. The first-order valence-corrected chi connectivity index (χ1v) is 8.54. The number of anilines is 1. The van der Waals surface area contributed by atoms with Crippen molar-refractivity contribution in [3.05, 3.63) is 78.9 Å². The van der Waals surface area contributed by atoms with Gasteiger partial charge in [0, 0.05) is 48.8 Å². The zero-order valence-corrected chi connectivity index (χ0v) is 14.8. The molecule has 1 aromatic heterocycles. The minimum Gasteiger partial charge on any atom is -0.359 e. The quantitative estimate of drug-likeness (QED) is 0.710. The van der Waals surface area contributed by atoms with Gasteiger partial charge in [0.05, 0.1) is 0 Å². The highest BCUT2D eigenvalue weighted by Gasteiger charge is 2.23. The molecule has 0 saturated heterocycles. The van der Waals surface area contributed by atoms with E-state index in [9.17, 15) is 0 Å². The minimum absolute atomic E-state index is 0.308. The summed E-state index contributed by atoms with van der Waals surface area (Å²) in [5.41, 5.74) is 4.72. The third-order valence-corrected chi connectivity index (χ3v) is 4.95. The fourth-order valence-corrected chi connectivity index (χ4v) is 3.35. The van der Waals surface area contributed by atoms with Crippen LogP contribution in [0, 0.1) is 6.92 Å². The Morgan fingerprint density at radius 3 is 2.48 bits per heavy atom. The lowest BCUT2D eigenvalue weighted by molar-refractivity contribution is 0.383. The molecule has 4 heteroatoms. The van der Waals surface area contributed by atoms with Gasteiger partial charge in [-0.15, -0.1) is 0 Å². The van der Waals surface area contributed by atoms with Gasteiger partial charge in [-0.1, -0.05) is 30.3 Å². The average Bonchev–Trinajstić information content (AvgIpc) is 3.24. The number of para-hydroxylation sites is 1. The van der Waals surface area contributed by atoms with Gasteiger partial charge in [0.15, 0.2) is 0 Å². The van der Waals surface area contributed by atoms with Crippen LogP contribution in [0.1, 0.15) is 12.5 Å². The van der Waals surface area contributed by atoms with Gasteiger partial charge in [-0.05, 0) is 37.6 Å². The van der Waals surface area contributed by atoms with E-state index in [1.54, 1.807) is 0 Å². The molecule has 0 fully saturated rings. The summed E-state index contributed by atoms with van der Waals surface area (Å²) in [6.07, 6.45) is 8.44. The van der Waals surface area contributed by atoms with Crippen LogP contribution in [0.15, 0.2) is 73.3 Å². The molecule has 0 aliphatic carbocycles. The summed E-state index contributed by atoms with van der Waals surface area (Å²) in [6, 6.07) is 16.8. The summed E-state index contributed by atoms with van der Waals surface area (Å²) in [5.74, 6) is 0.967. The lowest BCUT2D eigenvalue weighted by Crippen LogP contribution is -2.33. The van der Waals surface area contributed by atoms with Crippen LogP contribution in [0.3, 0.4) is 0 Å². The van der Waals surface area contributed by atoms with Gasteiger partial charge in [-0.25, -0.2) is 4.98 Å². The van der Waals surface area contributed by atoms with Crippen molar-refractivity contribution < 1.29 is 0 Å². The van der Waals surface area contributed by atoms with Gasteiger partial charge in [0.25, 0.3) is 0 Å². The van der Waals surface area contributed by atoms with Crippen molar-refractivity contribution in [2.45, 2.75) is 20.0 Å². The second kappa shape index (κ2) is 6.13. The van der Waals surface area contributed by atoms with Crippen LogP contribution in [0.25, 0.3) is 17.1 Å². The third kappa shape index (κ3) is 2.60. The summed E-state index contributed by atoms with van der Waals surface area (Å²) in [7, 11) is 2.10. The molecular formula is C21H22N4. The van der Waals surface area contributed by atoms with Crippen molar-refractivity contribution in [2.24, 2.45) is 0 Å². The maximum Gasteiger partial charge on any atom is 0.144 e. The van der Waals surface area contributed by atoms with E-state index in [4.69, 9.17) is 0 Å². The first-order valence-electron chi connectivity index (χ1n) is 8.54. The van der Waals surface area contributed by atoms with Crippen LogP contribution in [0.2, 0.25) is 0 Å². The van der Waals surface area contributed by atoms with Gasteiger partial charge in [-0.3, -0.25) is 4.57 Å². The highest BCUT2D eigenvalue weighted by atomic mass is 15.4. The number of benzene rings is 2. The topological polar surface area (TPSA) is 24.3 Å². The zero-order valence-electron chi connectivity index (χ0n) is 14.8. The second-order valence-corrected chi connectivity index (χ2v) is 6.41. The van der Waals surface area contributed by atoms with E-state index >= 15 is 0 Å².